The first-order chi connectivity index (χ1) is 7.78. The van der Waals surface area contributed by atoms with E-state index in [4.69, 9.17) is 14.2 Å². The number of aliphatic hydroxyl groups is 1. The van der Waals surface area contributed by atoms with Crippen molar-refractivity contribution in [1.29, 1.82) is 0 Å². The van der Waals surface area contributed by atoms with Crippen LogP contribution in [-0.4, -0.2) is 43.9 Å². The van der Waals surface area contributed by atoms with Crippen LogP contribution >= 0.6 is 0 Å². The quantitative estimate of drug-likeness (QED) is 0.669. The van der Waals surface area contributed by atoms with Crippen molar-refractivity contribution in [1.82, 2.24) is 0 Å². The van der Waals surface area contributed by atoms with Gasteiger partial charge in [-0.25, -0.2) is 0 Å². The minimum absolute atomic E-state index is 0.00105. The summed E-state index contributed by atoms with van der Waals surface area (Å²) in [5.41, 5.74) is 0.114. The molecule has 0 aromatic heterocycles. The van der Waals surface area contributed by atoms with Gasteiger partial charge in [-0.15, -0.1) is 0 Å². The van der Waals surface area contributed by atoms with Crippen LogP contribution in [0, 0.1) is 5.41 Å². The van der Waals surface area contributed by atoms with Gasteiger partial charge in [0.05, 0.1) is 25.4 Å². The Labute approximate surface area is 105 Å². The lowest BCUT2D eigenvalue weighted by molar-refractivity contribution is -0.217. The third kappa shape index (κ3) is 9.53. The number of rotatable bonds is 8. The fraction of sp³-hybridized carbons (Fsp3) is 1.00. The Kier molecular flexibility index (Phi) is 7.96. The highest BCUT2D eigenvalue weighted by atomic mass is 16.7. The van der Waals surface area contributed by atoms with Crippen LogP contribution in [0.4, 0.5) is 0 Å². The molecule has 0 fully saturated rings. The molecule has 0 radical (unpaired) electrons. The largest absolute Gasteiger partial charge is 0.394 e. The third-order valence-electron chi connectivity index (χ3n) is 2.11. The zero-order valence-electron chi connectivity index (χ0n) is 12.0. The van der Waals surface area contributed by atoms with Crippen LogP contribution in [0.5, 0.6) is 0 Å². The second kappa shape index (κ2) is 8.03. The molecule has 0 bridgehead atoms. The van der Waals surface area contributed by atoms with E-state index in [0.717, 1.165) is 6.42 Å². The first kappa shape index (κ1) is 16.8. The van der Waals surface area contributed by atoms with Crippen LogP contribution in [-0.2, 0) is 14.2 Å². The Balaban J connectivity index is 4.27. The van der Waals surface area contributed by atoms with Gasteiger partial charge in [0, 0.05) is 7.11 Å². The number of methoxy groups -OCH3 is 1. The SMILES string of the molecule is COCC(OC(C)C)OC(CO)CC(C)(C)C. The van der Waals surface area contributed by atoms with E-state index >= 15 is 0 Å². The molecule has 2 unspecified atom stereocenters. The van der Waals surface area contributed by atoms with Crippen LogP contribution in [0.2, 0.25) is 0 Å². The van der Waals surface area contributed by atoms with E-state index in [2.05, 4.69) is 20.8 Å². The van der Waals surface area contributed by atoms with E-state index in [1.165, 1.54) is 0 Å². The maximum absolute atomic E-state index is 9.32. The van der Waals surface area contributed by atoms with Gasteiger partial charge in [0.2, 0.25) is 0 Å². The van der Waals surface area contributed by atoms with E-state index < -0.39 is 6.29 Å². The molecule has 0 aromatic carbocycles. The third-order valence-corrected chi connectivity index (χ3v) is 2.11. The highest BCUT2D eigenvalue weighted by molar-refractivity contribution is 4.69. The Morgan fingerprint density at radius 3 is 2.06 bits per heavy atom. The van der Waals surface area contributed by atoms with Crippen molar-refractivity contribution >= 4 is 0 Å². The predicted molar refractivity (Wildman–Crippen MR) is 67.9 cm³/mol. The molecule has 17 heavy (non-hydrogen) atoms. The summed E-state index contributed by atoms with van der Waals surface area (Å²) in [7, 11) is 1.61. The minimum Gasteiger partial charge on any atom is -0.394 e. The van der Waals surface area contributed by atoms with E-state index in [0.29, 0.717) is 6.61 Å². The van der Waals surface area contributed by atoms with Gasteiger partial charge in [-0.05, 0) is 25.7 Å². The van der Waals surface area contributed by atoms with Crippen molar-refractivity contribution in [3.63, 3.8) is 0 Å². The van der Waals surface area contributed by atoms with E-state index in [9.17, 15) is 5.11 Å². The molecular weight excluding hydrogens is 220 g/mol. The van der Waals surface area contributed by atoms with Crippen molar-refractivity contribution in [3.05, 3.63) is 0 Å². The normalized spacial score (nSPS) is 16.2. The molecule has 0 heterocycles. The first-order valence-corrected chi connectivity index (χ1v) is 6.19. The second-order valence-corrected chi connectivity index (χ2v) is 5.78. The second-order valence-electron chi connectivity index (χ2n) is 5.78. The van der Waals surface area contributed by atoms with E-state index in [1.54, 1.807) is 7.11 Å². The van der Waals surface area contributed by atoms with Crippen LogP contribution in [0.15, 0.2) is 0 Å². The molecule has 4 heteroatoms. The summed E-state index contributed by atoms with van der Waals surface area (Å²) < 4.78 is 16.4. The van der Waals surface area contributed by atoms with Gasteiger partial charge in [-0.2, -0.15) is 0 Å². The summed E-state index contributed by atoms with van der Waals surface area (Å²) in [6.07, 6.45) is 0.225. The molecule has 0 aliphatic heterocycles. The van der Waals surface area contributed by atoms with Crippen molar-refractivity contribution in [2.45, 2.75) is 59.5 Å². The summed E-state index contributed by atoms with van der Waals surface area (Å²) in [4.78, 5) is 0. The monoisotopic (exact) mass is 248 g/mol. The highest BCUT2D eigenvalue weighted by Crippen LogP contribution is 2.23. The molecule has 0 aliphatic carbocycles. The molecule has 0 aliphatic rings. The van der Waals surface area contributed by atoms with Crippen LogP contribution in [0.3, 0.4) is 0 Å². The molecule has 2 atom stereocenters. The highest BCUT2D eigenvalue weighted by Gasteiger charge is 2.23. The van der Waals surface area contributed by atoms with Crippen LogP contribution < -0.4 is 0 Å². The number of ether oxygens (including phenoxy) is 3. The van der Waals surface area contributed by atoms with Crippen LogP contribution in [0.1, 0.15) is 41.0 Å². The zero-order chi connectivity index (χ0) is 13.5. The zero-order valence-corrected chi connectivity index (χ0v) is 12.0. The lowest BCUT2D eigenvalue weighted by Crippen LogP contribution is -2.34. The van der Waals surface area contributed by atoms with Gasteiger partial charge in [0.1, 0.15) is 0 Å². The molecule has 0 saturated heterocycles. The molecule has 0 saturated carbocycles. The number of hydrogen-bond acceptors (Lipinski definition) is 4. The molecule has 1 N–H and O–H groups in total. The van der Waals surface area contributed by atoms with E-state index in [-0.39, 0.29) is 24.2 Å². The molecule has 0 aromatic rings. The Hall–Kier alpha value is -0.160. The van der Waals surface area contributed by atoms with Crippen LogP contribution in [0.25, 0.3) is 0 Å². The van der Waals surface area contributed by atoms with E-state index in [1.807, 2.05) is 13.8 Å². The molecule has 0 spiro atoms. The molecular formula is C13H28O4. The molecule has 0 rings (SSSR count). The average Bonchev–Trinajstić information content (AvgIpc) is 2.13. The number of aliphatic hydroxyl groups excluding tert-OH is 1. The van der Waals surface area contributed by atoms with Gasteiger partial charge in [0.25, 0.3) is 0 Å². The first-order valence-electron chi connectivity index (χ1n) is 6.19. The predicted octanol–water partition coefficient (Wildman–Crippen LogP) is 2.20. The van der Waals surface area contributed by atoms with Crippen molar-refractivity contribution in [2.24, 2.45) is 5.41 Å². The summed E-state index contributed by atoms with van der Waals surface area (Å²) >= 11 is 0. The Morgan fingerprint density at radius 2 is 1.71 bits per heavy atom. The van der Waals surface area contributed by atoms with Gasteiger partial charge in [0.15, 0.2) is 6.29 Å². The van der Waals surface area contributed by atoms with Crippen molar-refractivity contribution in [3.8, 4) is 0 Å². The molecule has 4 nitrogen and oxygen atoms in total. The molecule has 104 valence electrons. The smallest absolute Gasteiger partial charge is 0.181 e. The lowest BCUT2D eigenvalue weighted by atomic mass is 9.89. The summed E-state index contributed by atoms with van der Waals surface area (Å²) in [5, 5.41) is 9.32. The number of hydrogen-bond donors (Lipinski definition) is 1. The Morgan fingerprint density at radius 1 is 1.12 bits per heavy atom. The summed E-state index contributed by atoms with van der Waals surface area (Å²) in [6, 6.07) is 0. The molecule has 0 amide bonds. The Bertz CT molecular complexity index is 186. The maximum atomic E-state index is 9.32. The van der Waals surface area contributed by atoms with Gasteiger partial charge >= 0.3 is 0 Å². The fourth-order valence-electron chi connectivity index (χ4n) is 1.60. The minimum atomic E-state index is -0.417. The van der Waals surface area contributed by atoms with Gasteiger partial charge < -0.3 is 19.3 Å². The fourth-order valence-corrected chi connectivity index (χ4v) is 1.60. The van der Waals surface area contributed by atoms with Crippen molar-refractivity contribution in [2.75, 3.05) is 20.3 Å². The standard InChI is InChI=1S/C13H28O4/c1-10(2)16-12(9-15-6)17-11(8-14)7-13(3,4)5/h10-12,14H,7-9H2,1-6H3. The summed E-state index contributed by atoms with van der Waals surface area (Å²) in [6.45, 7) is 10.6. The maximum Gasteiger partial charge on any atom is 0.181 e. The lowest BCUT2D eigenvalue weighted by Gasteiger charge is -2.29. The topological polar surface area (TPSA) is 47.9 Å². The summed E-state index contributed by atoms with van der Waals surface area (Å²) in [5.74, 6) is 0. The average molecular weight is 248 g/mol. The van der Waals surface area contributed by atoms with Gasteiger partial charge in [-0.3, -0.25) is 0 Å². The van der Waals surface area contributed by atoms with Crippen molar-refractivity contribution < 1.29 is 19.3 Å². The van der Waals surface area contributed by atoms with Gasteiger partial charge in [-0.1, -0.05) is 20.8 Å².